The van der Waals surface area contributed by atoms with Crippen LogP contribution in [0.25, 0.3) is 10.9 Å². The lowest BCUT2D eigenvalue weighted by atomic mass is 10.1. The van der Waals surface area contributed by atoms with E-state index in [4.69, 9.17) is 0 Å². The molecule has 0 amide bonds. The van der Waals surface area contributed by atoms with Crippen LogP contribution in [-0.2, 0) is 13.0 Å². The van der Waals surface area contributed by atoms with Crippen LogP contribution in [0.3, 0.4) is 0 Å². The third kappa shape index (κ3) is 4.09. The number of aromatic nitrogens is 5. The summed E-state index contributed by atoms with van der Waals surface area (Å²) in [5.41, 5.74) is 3.85. The van der Waals surface area contributed by atoms with E-state index in [1.165, 1.54) is 33.8 Å². The highest BCUT2D eigenvalue weighted by Gasteiger charge is 2.09. The molecule has 2 heterocycles. The number of hydrogen-bond acceptors (Lipinski definition) is 6. The van der Waals surface area contributed by atoms with E-state index in [1.54, 1.807) is 0 Å². The third-order valence-corrected chi connectivity index (χ3v) is 4.92. The third-order valence-electron chi connectivity index (χ3n) is 4.39. The molecule has 0 aliphatic carbocycles. The molecule has 0 saturated carbocycles. The zero-order chi connectivity index (χ0) is 18.5. The van der Waals surface area contributed by atoms with Gasteiger partial charge in [-0.3, -0.25) is 0 Å². The molecule has 0 bridgehead atoms. The normalized spacial score (nSPS) is 11.0. The van der Waals surface area contributed by atoms with Gasteiger partial charge in [-0.1, -0.05) is 60.3 Å². The van der Waals surface area contributed by atoms with Gasteiger partial charge >= 0.3 is 0 Å². The van der Waals surface area contributed by atoms with Crippen molar-refractivity contribution in [1.82, 2.24) is 25.0 Å². The molecule has 6 nitrogen and oxygen atoms in total. The van der Waals surface area contributed by atoms with Gasteiger partial charge in [0, 0.05) is 30.2 Å². The second-order valence-corrected chi connectivity index (χ2v) is 6.95. The van der Waals surface area contributed by atoms with Gasteiger partial charge in [0.25, 0.3) is 5.95 Å². The maximum absolute atomic E-state index is 4.04. The summed E-state index contributed by atoms with van der Waals surface area (Å²) in [5.74, 6) is 0.459. The van der Waals surface area contributed by atoms with Crippen molar-refractivity contribution in [3.63, 3.8) is 0 Å². The zero-order valence-electron chi connectivity index (χ0n) is 15.0. The predicted octanol–water partition coefficient (Wildman–Crippen LogP) is 3.65. The van der Waals surface area contributed by atoms with Crippen LogP contribution in [0.2, 0.25) is 0 Å². The molecule has 2 aromatic carbocycles. The number of para-hydroxylation sites is 1. The SMILES string of the molecule is CSc1nnc(NCCc2cn(Cc3ccccc3)c3ccccc23)nn1. The van der Waals surface area contributed by atoms with E-state index in [0.717, 1.165) is 19.5 Å². The Bertz CT molecular complexity index is 1010. The van der Waals surface area contributed by atoms with Gasteiger partial charge in [0.05, 0.1) is 0 Å². The van der Waals surface area contributed by atoms with E-state index >= 15 is 0 Å². The van der Waals surface area contributed by atoms with E-state index in [9.17, 15) is 0 Å². The van der Waals surface area contributed by atoms with Gasteiger partial charge in [-0.2, -0.15) is 0 Å². The Morgan fingerprint density at radius 3 is 2.44 bits per heavy atom. The molecular formula is C20H20N6S. The summed E-state index contributed by atoms with van der Waals surface area (Å²) in [7, 11) is 0. The Labute approximate surface area is 162 Å². The van der Waals surface area contributed by atoms with Gasteiger partial charge in [-0.05, 0) is 29.9 Å². The van der Waals surface area contributed by atoms with Crippen LogP contribution >= 0.6 is 11.8 Å². The molecule has 0 atom stereocenters. The maximum atomic E-state index is 4.04. The lowest BCUT2D eigenvalue weighted by Crippen LogP contribution is -2.10. The van der Waals surface area contributed by atoms with Gasteiger partial charge in [0.15, 0.2) is 0 Å². The highest BCUT2D eigenvalue weighted by atomic mass is 32.2. The second kappa shape index (κ2) is 8.18. The largest absolute Gasteiger partial charge is 0.351 e. The summed E-state index contributed by atoms with van der Waals surface area (Å²) in [6.45, 7) is 1.59. The number of thioether (sulfide) groups is 1. The first-order valence-electron chi connectivity index (χ1n) is 8.79. The topological polar surface area (TPSA) is 68.5 Å². The van der Waals surface area contributed by atoms with E-state index < -0.39 is 0 Å². The van der Waals surface area contributed by atoms with E-state index in [0.29, 0.717) is 11.1 Å². The summed E-state index contributed by atoms with van der Waals surface area (Å²) in [6.07, 6.45) is 5.01. The average molecular weight is 376 g/mol. The first kappa shape index (κ1) is 17.5. The lowest BCUT2D eigenvalue weighted by Gasteiger charge is -2.05. The summed E-state index contributed by atoms with van der Waals surface area (Å²) in [5, 5.41) is 21.1. The smallest absolute Gasteiger partial charge is 0.262 e. The molecule has 0 saturated heterocycles. The van der Waals surface area contributed by atoms with Crippen molar-refractivity contribution in [2.75, 3.05) is 18.1 Å². The number of fused-ring (bicyclic) bond motifs is 1. The van der Waals surface area contributed by atoms with Crippen molar-refractivity contribution < 1.29 is 0 Å². The number of benzene rings is 2. The Morgan fingerprint density at radius 2 is 1.67 bits per heavy atom. The zero-order valence-corrected chi connectivity index (χ0v) is 15.9. The van der Waals surface area contributed by atoms with Crippen molar-refractivity contribution in [2.24, 2.45) is 0 Å². The van der Waals surface area contributed by atoms with Crippen LogP contribution in [0.1, 0.15) is 11.1 Å². The first-order valence-corrected chi connectivity index (χ1v) is 10.0. The van der Waals surface area contributed by atoms with Crippen molar-refractivity contribution in [2.45, 2.75) is 18.1 Å². The second-order valence-electron chi connectivity index (χ2n) is 6.17. The Hall–Kier alpha value is -2.93. The highest BCUT2D eigenvalue weighted by Crippen LogP contribution is 2.23. The summed E-state index contributed by atoms with van der Waals surface area (Å²) in [4.78, 5) is 0. The summed E-state index contributed by atoms with van der Waals surface area (Å²) >= 11 is 1.43. The fourth-order valence-corrected chi connectivity index (χ4v) is 3.36. The Balaban J connectivity index is 1.49. The van der Waals surface area contributed by atoms with Gasteiger partial charge in [0.2, 0.25) is 5.16 Å². The van der Waals surface area contributed by atoms with Crippen LogP contribution in [0.4, 0.5) is 5.95 Å². The molecule has 0 aliphatic rings. The average Bonchev–Trinajstić information content (AvgIpc) is 3.07. The minimum atomic E-state index is 0.459. The molecule has 7 heteroatoms. The van der Waals surface area contributed by atoms with Crippen LogP contribution in [0.5, 0.6) is 0 Å². The minimum absolute atomic E-state index is 0.459. The predicted molar refractivity (Wildman–Crippen MR) is 109 cm³/mol. The van der Waals surface area contributed by atoms with Gasteiger partial charge in [-0.25, -0.2) is 0 Å². The molecule has 0 fully saturated rings. The van der Waals surface area contributed by atoms with E-state index in [-0.39, 0.29) is 0 Å². The molecule has 27 heavy (non-hydrogen) atoms. The van der Waals surface area contributed by atoms with E-state index in [2.05, 4.69) is 85.0 Å². The standard InChI is InChI=1S/C20H20N6S/c1-27-20-24-22-19(23-25-20)21-12-11-16-14-26(13-15-7-3-2-4-8-15)18-10-6-5-9-17(16)18/h2-10,14H,11-13H2,1H3,(H,21,22,23). The highest BCUT2D eigenvalue weighted by molar-refractivity contribution is 7.98. The number of rotatable bonds is 7. The van der Waals surface area contributed by atoms with Crippen molar-refractivity contribution >= 4 is 28.6 Å². The Morgan fingerprint density at radius 1 is 0.926 bits per heavy atom. The molecule has 2 aromatic heterocycles. The summed E-state index contributed by atoms with van der Waals surface area (Å²) in [6, 6.07) is 19.1. The molecule has 0 unspecified atom stereocenters. The minimum Gasteiger partial charge on any atom is -0.351 e. The molecule has 4 rings (SSSR count). The molecule has 136 valence electrons. The number of nitrogens with zero attached hydrogens (tertiary/aromatic N) is 5. The van der Waals surface area contributed by atoms with Gasteiger partial charge in [-0.15, -0.1) is 20.4 Å². The van der Waals surface area contributed by atoms with Crippen molar-refractivity contribution in [3.05, 3.63) is 71.9 Å². The van der Waals surface area contributed by atoms with Crippen LogP contribution in [0, 0.1) is 0 Å². The fourth-order valence-electron chi connectivity index (χ4n) is 3.11. The Kier molecular flexibility index (Phi) is 5.29. The fraction of sp³-hybridized carbons (Fsp3) is 0.200. The maximum Gasteiger partial charge on any atom is 0.262 e. The van der Waals surface area contributed by atoms with Gasteiger partial charge < -0.3 is 9.88 Å². The molecule has 0 radical (unpaired) electrons. The van der Waals surface area contributed by atoms with Crippen LogP contribution < -0.4 is 5.32 Å². The molecule has 1 N–H and O–H groups in total. The van der Waals surface area contributed by atoms with Crippen LogP contribution in [0.15, 0.2) is 66.0 Å². The monoisotopic (exact) mass is 376 g/mol. The molecule has 0 spiro atoms. The quantitative estimate of drug-likeness (QED) is 0.497. The van der Waals surface area contributed by atoms with Crippen molar-refractivity contribution in [1.29, 1.82) is 0 Å². The molecule has 4 aromatic rings. The number of hydrogen-bond donors (Lipinski definition) is 1. The van der Waals surface area contributed by atoms with Gasteiger partial charge in [0.1, 0.15) is 0 Å². The molecular weight excluding hydrogens is 356 g/mol. The van der Waals surface area contributed by atoms with Crippen molar-refractivity contribution in [3.8, 4) is 0 Å². The molecule has 0 aliphatic heterocycles. The van der Waals surface area contributed by atoms with Crippen LogP contribution in [-0.4, -0.2) is 37.8 Å². The number of nitrogens with one attached hydrogen (secondary N) is 1. The number of anilines is 1. The first-order chi connectivity index (χ1) is 13.3. The van der Waals surface area contributed by atoms with E-state index in [1.807, 2.05) is 12.3 Å². The summed E-state index contributed by atoms with van der Waals surface area (Å²) < 4.78 is 2.31. The lowest BCUT2D eigenvalue weighted by molar-refractivity contribution is 0.747.